The summed E-state index contributed by atoms with van der Waals surface area (Å²) in [6.45, 7) is -0.434. The van der Waals surface area contributed by atoms with Crippen LogP contribution in [0.2, 0.25) is 5.02 Å². The standard InChI is InChI=1S/C7H5ClFNO3/c8-4-1-10(3-6(11)12)2-5(9)7(4)13/h1-2H,3H2,(H,11,12). The van der Waals surface area contributed by atoms with Gasteiger partial charge in [0, 0.05) is 12.4 Å². The van der Waals surface area contributed by atoms with Crippen LogP contribution in [0.3, 0.4) is 0 Å². The second-order valence-corrected chi connectivity index (χ2v) is 2.76. The van der Waals surface area contributed by atoms with Crippen LogP contribution in [0.1, 0.15) is 0 Å². The fourth-order valence-corrected chi connectivity index (χ4v) is 1.02. The molecule has 0 fully saturated rings. The molecular formula is C7H5ClFNO3. The van der Waals surface area contributed by atoms with Gasteiger partial charge in [0.05, 0.1) is 0 Å². The van der Waals surface area contributed by atoms with Crippen molar-refractivity contribution < 1.29 is 14.3 Å². The summed E-state index contributed by atoms with van der Waals surface area (Å²) in [5, 5.41) is 8.02. The van der Waals surface area contributed by atoms with Crippen LogP contribution in [-0.4, -0.2) is 15.6 Å². The molecule has 1 heterocycles. The number of hydrogen-bond donors (Lipinski definition) is 1. The molecule has 4 nitrogen and oxygen atoms in total. The lowest BCUT2D eigenvalue weighted by Crippen LogP contribution is -2.15. The van der Waals surface area contributed by atoms with Crippen LogP contribution in [0.5, 0.6) is 0 Å². The number of pyridine rings is 1. The molecule has 0 amide bonds. The van der Waals surface area contributed by atoms with E-state index in [2.05, 4.69) is 0 Å². The van der Waals surface area contributed by atoms with Crippen LogP contribution in [0.4, 0.5) is 4.39 Å². The smallest absolute Gasteiger partial charge is 0.323 e. The first-order valence-electron chi connectivity index (χ1n) is 3.27. The minimum Gasteiger partial charge on any atom is -0.480 e. The highest BCUT2D eigenvalue weighted by atomic mass is 35.5. The molecule has 0 radical (unpaired) electrons. The highest BCUT2D eigenvalue weighted by molar-refractivity contribution is 6.30. The zero-order valence-electron chi connectivity index (χ0n) is 6.33. The molecule has 6 heteroatoms. The monoisotopic (exact) mass is 205 g/mol. The number of halogens is 2. The zero-order chi connectivity index (χ0) is 10.0. The highest BCUT2D eigenvalue weighted by Gasteiger charge is 2.06. The van der Waals surface area contributed by atoms with Gasteiger partial charge in [-0.1, -0.05) is 11.6 Å². The van der Waals surface area contributed by atoms with Gasteiger partial charge in [-0.25, -0.2) is 4.39 Å². The van der Waals surface area contributed by atoms with Gasteiger partial charge in [-0.05, 0) is 0 Å². The molecule has 0 saturated heterocycles. The third kappa shape index (κ3) is 2.29. The largest absolute Gasteiger partial charge is 0.480 e. The lowest BCUT2D eigenvalue weighted by atomic mass is 10.4. The van der Waals surface area contributed by atoms with E-state index in [0.717, 1.165) is 17.0 Å². The Labute approximate surface area is 77.2 Å². The predicted octanol–water partition coefficient (Wildman–Crippen LogP) is 0.725. The van der Waals surface area contributed by atoms with Crippen LogP contribution in [0.15, 0.2) is 17.2 Å². The summed E-state index contributed by atoms with van der Waals surface area (Å²) in [6, 6.07) is 0. The Morgan fingerprint density at radius 2 is 2.23 bits per heavy atom. The Hall–Kier alpha value is -1.36. The minimum atomic E-state index is -1.14. The summed E-state index contributed by atoms with van der Waals surface area (Å²) in [5.41, 5.74) is -0.927. The number of carbonyl (C=O) groups is 1. The molecule has 13 heavy (non-hydrogen) atoms. The molecule has 0 saturated carbocycles. The normalized spacial score (nSPS) is 10.0. The second kappa shape index (κ2) is 3.57. The predicted molar refractivity (Wildman–Crippen MR) is 43.3 cm³/mol. The Bertz CT molecular complexity index is 375. The maximum absolute atomic E-state index is 12.7. The zero-order valence-corrected chi connectivity index (χ0v) is 7.08. The van der Waals surface area contributed by atoms with E-state index < -0.39 is 23.8 Å². The number of nitrogens with zero attached hydrogens (tertiary/aromatic N) is 1. The van der Waals surface area contributed by atoms with Crippen molar-refractivity contribution in [2.75, 3.05) is 0 Å². The summed E-state index contributed by atoms with van der Waals surface area (Å²) in [4.78, 5) is 21.0. The van der Waals surface area contributed by atoms with Crippen molar-refractivity contribution in [3.05, 3.63) is 33.5 Å². The van der Waals surface area contributed by atoms with Crippen LogP contribution in [0, 0.1) is 5.82 Å². The summed E-state index contributed by atoms with van der Waals surface area (Å²) in [6.07, 6.45) is 1.86. The number of rotatable bonds is 2. The molecule has 0 aliphatic heterocycles. The number of carboxylic acid groups (broad SMARTS) is 1. The summed E-state index contributed by atoms with van der Waals surface area (Å²) in [5.74, 6) is -2.20. The van der Waals surface area contributed by atoms with Gasteiger partial charge in [-0.2, -0.15) is 0 Å². The molecule has 0 unspecified atom stereocenters. The van der Waals surface area contributed by atoms with Crippen molar-refractivity contribution in [1.29, 1.82) is 0 Å². The highest BCUT2D eigenvalue weighted by Crippen LogP contribution is 2.02. The number of aromatic nitrogens is 1. The fourth-order valence-electron chi connectivity index (χ4n) is 0.807. The molecule has 0 aliphatic rings. The van der Waals surface area contributed by atoms with E-state index >= 15 is 0 Å². The van der Waals surface area contributed by atoms with Gasteiger partial charge < -0.3 is 9.67 Å². The van der Waals surface area contributed by atoms with Gasteiger partial charge in [0.15, 0.2) is 5.82 Å². The quantitative estimate of drug-likeness (QED) is 0.774. The average molecular weight is 206 g/mol. The van der Waals surface area contributed by atoms with Gasteiger partial charge in [-0.15, -0.1) is 0 Å². The molecule has 0 bridgehead atoms. The number of aliphatic carboxylic acids is 1. The Morgan fingerprint density at radius 1 is 1.62 bits per heavy atom. The first-order valence-corrected chi connectivity index (χ1v) is 3.65. The number of carboxylic acids is 1. The average Bonchev–Trinajstić information content (AvgIpc) is 1.98. The van der Waals surface area contributed by atoms with Gasteiger partial charge in [-0.3, -0.25) is 9.59 Å². The van der Waals surface area contributed by atoms with Crippen molar-refractivity contribution in [1.82, 2.24) is 4.57 Å². The molecule has 0 aromatic carbocycles. The van der Waals surface area contributed by atoms with Crippen molar-refractivity contribution >= 4 is 17.6 Å². The minimum absolute atomic E-state index is 0.332. The molecule has 0 spiro atoms. The third-order valence-corrected chi connectivity index (χ3v) is 1.58. The summed E-state index contributed by atoms with van der Waals surface area (Å²) < 4.78 is 13.7. The van der Waals surface area contributed by atoms with Crippen LogP contribution in [0.25, 0.3) is 0 Å². The van der Waals surface area contributed by atoms with E-state index in [1.54, 1.807) is 0 Å². The van der Waals surface area contributed by atoms with E-state index in [9.17, 15) is 14.0 Å². The summed E-state index contributed by atoms with van der Waals surface area (Å²) >= 11 is 5.34. The molecule has 0 atom stereocenters. The molecule has 1 aromatic rings. The van der Waals surface area contributed by atoms with Gasteiger partial charge in [0.25, 0.3) is 0 Å². The van der Waals surface area contributed by atoms with Crippen molar-refractivity contribution in [2.24, 2.45) is 0 Å². The van der Waals surface area contributed by atoms with Crippen LogP contribution >= 0.6 is 11.6 Å². The fraction of sp³-hybridized carbons (Fsp3) is 0.143. The molecule has 70 valence electrons. The second-order valence-electron chi connectivity index (χ2n) is 2.35. The molecule has 1 rings (SSSR count). The van der Waals surface area contributed by atoms with Gasteiger partial charge in [0.1, 0.15) is 11.6 Å². The Balaban J connectivity index is 3.13. The Kier molecular flexibility index (Phi) is 2.67. The lowest BCUT2D eigenvalue weighted by molar-refractivity contribution is -0.137. The maximum atomic E-state index is 12.7. The first-order chi connectivity index (χ1) is 6.00. The number of hydrogen-bond acceptors (Lipinski definition) is 2. The van der Waals surface area contributed by atoms with E-state index in [1.807, 2.05) is 0 Å². The SMILES string of the molecule is O=C(O)Cn1cc(F)c(=O)c(Cl)c1. The van der Waals surface area contributed by atoms with E-state index in [0.29, 0.717) is 0 Å². The van der Waals surface area contributed by atoms with Crippen molar-refractivity contribution in [3.63, 3.8) is 0 Å². The molecule has 0 aliphatic carbocycles. The van der Waals surface area contributed by atoms with Crippen molar-refractivity contribution in [2.45, 2.75) is 6.54 Å². The lowest BCUT2D eigenvalue weighted by Gasteiger charge is -2.02. The third-order valence-electron chi connectivity index (χ3n) is 1.31. The van der Waals surface area contributed by atoms with E-state index in [1.165, 1.54) is 0 Å². The van der Waals surface area contributed by atoms with Crippen molar-refractivity contribution in [3.8, 4) is 0 Å². The van der Waals surface area contributed by atoms with E-state index in [4.69, 9.17) is 16.7 Å². The first kappa shape index (κ1) is 9.73. The molecule has 1 N–H and O–H groups in total. The van der Waals surface area contributed by atoms with E-state index in [-0.39, 0.29) is 5.02 Å². The summed E-state index contributed by atoms with van der Waals surface area (Å²) in [7, 11) is 0. The maximum Gasteiger partial charge on any atom is 0.323 e. The Morgan fingerprint density at radius 3 is 2.69 bits per heavy atom. The van der Waals surface area contributed by atoms with Gasteiger partial charge in [0.2, 0.25) is 5.43 Å². The molecule has 1 aromatic heterocycles. The molecular weight excluding hydrogens is 201 g/mol. The van der Waals surface area contributed by atoms with Crippen LogP contribution in [-0.2, 0) is 11.3 Å². The topological polar surface area (TPSA) is 59.3 Å². The van der Waals surface area contributed by atoms with Gasteiger partial charge >= 0.3 is 5.97 Å². The van der Waals surface area contributed by atoms with Crippen LogP contribution < -0.4 is 5.43 Å².